The lowest BCUT2D eigenvalue weighted by Crippen LogP contribution is -2.17. The Labute approximate surface area is 98.7 Å². The van der Waals surface area contributed by atoms with Gasteiger partial charge < -0.3 is 10.7 Å². The molecule has 3 nitrogen and oxygen atoms in total. The zero-order valence-electron chi connectivity index (χ0n) is 9.07. The van der Waals surface area contributed by atoms with Crippen LogP contribution < -0.4 is 5.73 Å². The first-order chi connectivity index (χ1) is 7.81. The summed E-state index contributed by atoms with van der Waals surface area (Å²) in [7, 11) is 0. The van der Waals surface area contributed by atoms with E-state index in [0.29, 0.717) is 5.41 Å². The van der Waals surface area contributed by atoms with Crippen LogP contribution in [0.15, 0.2) is 23.7 Å². The van der Waals surface area contributed by atoms with Crippen molar-refractivity contribution in [1.29, 1.82) is 0 Å². The molecule has 0 radical (unpaired) electrons. The van der Waals surface area contributed by atoms with Crippen molar-refractivity contribution in [3.63, 3.8) is 0 Å². The highest BCUT2D eigenvalue weighted by atomic mass is 32.1. The van der Waals surface area contributed by atoms with Crippen LogP contribution in [-0.4, -0.2) is 16.5 Å². The van der Waals surface area contributed by atoms with E-state index in [9.17, 15) is 0 Å². The van der Waals surface area contributed by atoms with E-state index in [1.165, 1.54) is 17.8 Å². The highest BCUT2D eigenvalue weighted by Gasteiger charge is 2.41. The van der Waals surface area contributed by atoms with Crippen molar-refractivity contribution in [2.24, 2.45) is 11.1 Å². The van der Waals surface area contributed by atoms with E-state index in [2.05, 4.69) is 21.4 Å². The number of H-pyrrole nitrogens is 1. The molecule has 1 aliphatic carbocycles. The standard InChI is InChI=1S/C12H15N3S/c13-8-12(3-4-12)6-11-15-10(7-16-11)9-2-1-5-14-9/h1-2,5,7,14H,3-4,6,8,13H2. The van der Waals surface area contributed by atoms with E-state index in [4.69, 9.17) is 5.73 Å². The smallest absolute Gasteiger partial charge is 0.0976 e. The molecule has 0 aromatic carbocycles. The van der Waals surface area contributed by atoms with Crippen molar-refractivity contribution < 1.29 is 0 Å². The van der Waals surface area contributed by atoms with Gasteiger partial charge in [0.05, 0.1) is 16.4 Å². The second-order valence-electron chi connectivity index (χ2n) is 4.59. The summed E-state index contributed by atoms with van der Waals surface area (Å²) in [6.45, 7) is 0.796. The molecule has 16 heavy (non-hydrogen) atoms. The molecule has 2 heterocycles. The number of hydrogen-bond acceptors (Lipinski definition) is 3. The lowest BCUT2D eigenvalue weighted by molar-refractivity contribution is 0.520. The van der Waals surface area contributed by atoms with Crippen molar-refractivity contribution in [3.05, 3.63) is 28.7 Å². The van der Waals surface area contributed by atoms with Crippen LogP contribution in [0.2, 0.25) is 0 Å². The van der Waals surface area contributed by atoms with Gasteiger partial charge in [-0.3, -0.25) is 0 Å². The Kier molecular flexibility index (Phi) is 2.33. The molecule has 84 valence electrons. The van der Waals surface area contributed by atoms with E-state index in [1.54, 1.807) is 11.3 Å². The van der Waals surface area contributed by atoms with Crippen molar-refractivity contribution in [3.8, 4) is 11.4 Å². The molecule has 3 rings (SSSR count). The van der Waals surface area contributed by atoms with Gasteiger partial charge in [0.1, 0.15) is 0 Å². The molecule has 2 aromatic rings. The second kappa shape index (κ2) is 3.71. The SMILES string of the molecule is NCC1(Cc2nc(-c3ccc[nH]3)cs2)CC1. The minimum Gasteiger partial charge on any atom is -0.360 e. The third kappa shape index (κ3) is 1.79. The molecular weight excluding hydrogens is 218 g/mol. The summed E-state index contributed by atoms with van der Waals surface area (Å²) in [6, 6.07) is 4.05. The molecule has 1 aliphatic rings. The number of thiazole rings is 1. The predicted octanol–water partition coefficient (Wildman–Crippen LogP) is 2.42. The van der Waals surface area contributed by atoms with Gasteiger partial charge in [0.15, 0.2) is 0 Å². The van der Waals surface area contributed by atoms with Crippen molar-refractivity contribution in [2.75, 3.05) is 6.54 Å². The monoisotopic (exact) mass is 233 g/mol. The topological polar surface area (TPSA) is 54.7 Å². The molecule has 0 bridgehead atoms. The van der Waals surface area contributed by atoms with Gasteiger partial charge in [-0.05, 0) is 36.9 Å². The maximum absolute atomic E-state index is 5.79. The maximum atomic E-state index is 5.79. The van der Waals surface area contributed by atoms with Crippen molar-refractivity contribution >= 4 is 11.3 Å². The molecule has 2 aromatic heterocycles. The number of hydrogen-bond donors (Lipinski definition) is 2. The maximum Gasteiger partial charge on any atom is 0.0976 e. The third-order valence-corrected chi connectivity index (χ3v) is 4.19. The van der Waals surface area contributed by atoms with E-state index in [0.717, 1.165) is 24.4 Å². The van der Waals surface area contributed by atoms with Crippen LogP contribution >= 0.6 is 11.3 Å². The van der Waals surface area contributed by atoms with Crippen molar-refractivity contribution in [2.45, 2.75) is 19.3 Å². The molecule has 0 aliphatic heterocycles. The number of aromatic amines is 1. The van der Waals surface area contributed by atoms with Gasteiger partial charge in [0, 0.05) is 18.0 Å². The van der Waals surface area contributed by atoms with Crippen LogP contribution in [0.4, 0.5) is 0 Å². The Morgan fingerprint density at radius 2 is 2.38 bits per heavy atom. The molecule has 1 saturated carbocycles. The Bertz CT molecular complexity index is 468. The predicted molar refractivity (Wildman–Crippen MR) is 66.3 cm³/mol. The fourth-order valence-corrected chi connectivity index (χ4v) is 2.92. The fraction of sp³-hybridized carbons (Fsp3) is 0.417. The lowest BCUT2D eigenvalue weighted by Gasteiger charge is -2.08. The molecule has 4 heteroatoms. The van der Waals surface area contributed by atoms with E-state index in [1.807, 2.05) is 12.3 Å². The zero-order chi connectivity index (χ0) is 11.0. The normalized spacial score (nSPS) is 17.6. The summed E-state index contributed by atoms with van der Waals surface area (Å²) in [5, 5.41) is 3.33. The summed E-state index contributed by atoms with van der Waals surface area (Å²) in [4.78, 5) is 7.84. The number of aromatic nitrogens is 2. The van der Waals surface area contributed by atoms with Gasteiger partial charge in [-0.2, -0.15) is 0 Å². The fourth-order valence-electron chi connectivity index (χ4n) is 1.96. The average Bonchev–Trinajstić information content (AvgIpc) is 2.72. The van der Waals surface area contributed by atoms with Crippen LogP contribution in [0.1, 0.15) is 17.8 Å². The molecule has 0 unspecified atom stereocenters. The number of nitrogens with two attached hydrogens (primary N) is 1. The summed E-state index contributed by atoms with van der Waals surface area (Å²) in [6.07, 6.45) is 5.51. The molecule has 0 atom stereocenters. The highest BCUT2D eigenvalue weighted by molar-refractivity contribution is 7.09. The zero-order valence-corrected chi connectivity index (χ0v) is 9.89. The lowest BCUT2D eigenvalue weighted by atomic mass is 10.0. The number of nitrogens with one attached hydrogen (secondary N) is 1. The van der Waals surface area contributed by atoms with Crippen LogP contribution in [0, 0.1) is 5.41 Å². The number of nitrogens with zero attached hydrogens (tertiary/aromatic N) is 1. The van der Waals surface area contributed by atoms with Gasteiger partial charge in [-0.25, -0.2) is 4.98 Å². The van der Waals surface area contributed by atoms with Crippen LogP contribution in [-0.2, 0) is 6.42 Å². The molecular formula is C12H15N3S. The third-order valence-electron chi connectivity index (χ3n) is 3.34. The van der Waals surface area contributed by atoms with Crippen LogP contribution in [0.3, 0.4) is 0 Å². The highest BCUT2D eigenvalue weighted by Crippen LogP contribution is 2.47. The Balaban J connectivity index is 1.78. The first-order valence-electron chi connectivity index (χ1n) is 5.60. The van der Waals surface area contributed by atoms with Gasteiger partial charge in [-0.15, -0.1) is 11.3 Å². The molecule has 0 spiro atoms. The molecule has 3 N–H and O–H groups in total. The Morgan fingerprint density at radius 3 is 3.00 bits per heavy atom. The van der Waals surface area contributed by atoms with Gasteiger partial charge in [0.2, 0.25) is 0 Å². The molecule has 0 amide bonds. The minimum absolute atomic E-state index is 0.380. The van der Waals surface area contributed by atoms with Gasteiger partial charge >= 0.3 is 0 Å². The Morgan fingerprint density at radius 1 is 1.50 bits per heavy atom. The summed E-state index contributed by atoms with van der Waals surface area (Å²) in [5.41, 5.74) is 8.32. The van der Waals surface area contributed by atoms with E-state index in [-0.39, 0.29) is 0 Å². The largest absolute Gasteiger partial charge is 0.360 e. The first kappa shape index (κ1) is 10.1. The quantitative estimate of drug-likeness (QED) is 0.852. The van der Waals surface area contributed by atoms with Gasteiger partial charge in [-0.1, -0.05) is 0 Å². The van der Waals surface area contributed by atoms with Crippen LogP contribution in [0.5, 0.6) is 0 Å². The van der Waals surface area contributed by atoms with E-state index >= 15 is 0 Å². The second-order valence-corrected chi connectivity index (χ2v) is 5.53. The van der Waals surface area contributed by atoms with Crippen LogP contribution in [0.25, 0.3) is 11.4 Å². The Hall–Kier alpha value is -1.13. The molecule has 1 fully saturated rings. The first-order valence-corrected chi connectivity index (χ1v) is 6.48. The summed E-state index contributed by atoms with van der Waals surface area (Å²) in [5.74, 6) is 0. The van der Waals surface area contributed by atoms with Crippen molar-refractivity contribution in [1.82, 2.24) is 9.97 Å². The van der Waals surface area contributed by atoms with E-state index < -0.39 is 0 Å². The number of rotatable bonds is 4. The minimum atomic E-state index is 0.380. The molecule has 0 saturated heterocycles. The average molecular weight is 233 g/mol. The summed E-state index contributed by atoms with van der Waals surface area (Å²) >= 11 is 1.74. The summed E-state index contributed by atoms with van der Waals surface area (Å²) < 4.78 is 0. The van der Waals surface area contributed by atoms with Gasteiger partial charge in [0.25, 0.3) is 0 Å².